The summed E-state index contributed by atoms with van der Waals surface area (Å²) < 4.78 is 0. The lowest BCUT2D eigenvalue weighted by Crippen LogP contribution is -2.39. The van der Waals surface area contributed by atoms with Gasteiger partial charge in [-0.25, -0.2) is 0 Å². The fraction of sp³-hybridized carbons (Fsp3) is 0.625. The van der Waals surface area contributed by atoms with Gasteiger partial charge in [0.05, 0.1) is 10.7 Å². The molecule has 0 aliphatic carbocycles. The predicted molar refractivity (Wildman–Crippen MR) is 88.5 cm³/mol. The molecule has 0 atom stereocenters. The van der Waals surface area contributed by atoms with Gasteiger partial charge in [0.15, 0.2) is 0 Å². The monoisotopic (exact) mass is 343 g/mol. The van der Waals surface area contributed by atoms with Gasteiger partial charge in [0.2, 0.25) is 0 Å². The molecule has 1 nitrogen and oxygen atoms in total. The van der Waals surface area contributed by atoms with Crippen LogP contribution in [0.4, 0.5) is 5.69 Å². The van der Waals surface area contributed by atoms with Crippen LogP contribution in [-0.2, 0) is 5.33 Å². The summed E-state index contributed by atoms with van der Waals surface area (Å²) in [5, 5.41) is 1.75. The highest BCUT2D eigenvalue weighted by Crippen LogP contribution is 2.40. The molecule has 1 saturated heterocycles. The van der Waals surface area contributed by atoms with Crippen molar-refractivity contribution in [3.8, 4) is 0 Å². The molecule has 3 heteroatoms. The summed E-state index contributed by atoms with van der Waals surface area (Å²) in [6, 6.07) is 6.41. The van der Waals surface area contributed by atoms with E-state index in [0.717, 1.165) is 23.4 Å². The maximum Gasteiger partial charge on any atom is 0.0642 e. The van der Waals surface area contributed by atoms with Crippen molar-refractivity contribution in [2.75, 3.05) is 18.0 Å². The van der Waals surface area contributed by atoms with E-state index in [1.807, 2.05) is 0 Å². The first-order valence-corrected chi connectivity index (χ1v) is 8.73. The highest BCUT2D eigenvalue weighted by molar-refractivity contribution is 9.08. The Morgan fingerprint density at radius 1 is 1.21 bits per heavy atom. The first-order valence-electron chi connectivity index (χ1n) is 7.23. The Hall–Kier alpha value is -0.210. The fourth-order valence-corrected chi connectivity index (χ4v) is 3.74. The van der Waals surface area contributed by atoms with Crippen LogP contribution in [0.15, 0.2) is 18.2 Å². The van der Waals surface area contributed by atoms with E-state index in [1.54, 1.807) is 0 Å². The summed E-state index contributed by atoms with van der Waals surface area (Å²) in [7, 11) is 0. The predicted octanol–water partition coefficient (Wildman–Crippen LogP) is 5.64. The van der Waals surface area contributed by atoms with Gasteiger partial charge in [-0.05, 0) is 36.0 Å². The van der Waals surface area contributed by atoms with Gasteiger partial charge in [0, 0.05) is 18.4 Å². The first-order chi connectivity index (χ1) is 9.14. The van der Waals surface area contributed by atoms with Crippen molar-refractivity contribution < 1.29 is 0 Å². The van der Waals surface area contributed by atoms with Crippen LogP contribution in [0.2, 0.25) is 5.02 Å². The van der Waals surface area contributed by atoms with Crippen LogP contribution in [0.25, 0.3) is 0 Å². The first kappa shape index (κ1) is 15.2. The molecule has 1 heterocycles. The van der Waals surface area contributed by atoms with Crippen LogP contribution < -0.4 is 4.90 Å². The van der Waals surface area contributed by atoms with Crippen LogP contribution in [-0.4, -0.2) is 13.1 Å². The number of hydrogen-bond donors (Lipinski definition) is 0. The van der Waals surface area contributed by atoms with Gasteiger partial charge in [-0.2, -0.15) is 0 Å². The Morgan fingerprint density at radius 3 is 2.32 bits per heavy atom. The number of rotatable bonds is 4. The maximum atomic E-state index is 6.42. The number of anilines is 1. The Bertz CT molecular complexity index is 419. The summed E-state index contributed by atoms with van der Waals surface area (Å²) in [6.07, 6.45) is 5.17. The molecule has 0 amide bonds. The minimum atomic E-state index is 0.568. The maximum absolute atomic E-state index is 6.42. The van der Waals surface area contributed by atoms with E-state index in [9.17, 15) is 0 Å². The number of halogens is 2. The third kappa shape index (κ3) is 3.28. The zero-order chi connectivity index (χ0) is 13.9. The average molecular weight is 345 g/mol. The van der Waals surface area contributed by atoms with E-state index < -0.39 is 0 Å². The van der Waals surface area contributed by atoms with E-state index in [-0.39, 0.29) is 0 Å². The molecule has 1 aliphatic heterocycles. The quantitative estimate of drug-likeness (QED) is 0.639. The van der Waals surface area contributed by atoms with Gasteiger partial charge >= 0.3 is 0 Å². The summed E-state index contributed by atoms with van der Waals surface area (Å²) in [5.41, 5.74) is 3.01. The van der Waals surface area contributed by atoms with Crippen LogP contribution in [0, 0.1) is 5.41 Å². The SMILES string of the molecule is CCC1(CC)CCN(c2ccc(CBr)cc2Cl)CC1. The molecular formula is C16H23BrClN. The Kier molecular flexibility index (Phi) is 5.19. The Balaban J connectivity index is 2.09. The van der Waals surface area contributed by atoms with Crippen molar-refractivity contribution in [1.82, 2.24) is 0 Å². The molecule has 106 valence electrons. The molecule has 2 rings (SSSR count). The van der Waals surface area contributed by atoms with Crippen molar-refractivity contribution in [2.45, 2.75) is 44.9 Å². The molecule has 0 aromatic heterocycles. The van der Waals surface area contributed by atoms with Crippen molar-refractivity contribution in [3.63, 3.8) is 0 Å². The van der Waals surface area contributed by atoms with Gasteiger partial charge < -0.3 is 4.90 Å². The van der Waals surface area contributed by atoms with Crippen LogP contribution in [0.5, 0.6) is 0 Å². The lowest BCUT2D eigenvalue weighted by Gasteiger charge is -2.42. The van der Waals surface area contributed by atoms with E-state index in [1.165, 1.54) is 36.9 Å². The summed E-state index contributed by atoms with van der Waals surface area (Å²) in [6.45, 7) is 6.93. The Morgan fingerprint density at radius 2 is 1.84 bits per heavy atom. The smallest absolute Gasteiger partial charge is 0.0642 e. The van der Waals surface area contributed by atoms with E-state index in [4.69, 9.17) is 11.6 Å². The third-order valence-corrected chi connectivity index (χ3v) is 5.78. The second kappa shape index (κ2) is 6.49. The van der Waals surface area contributed by atoms with E-state index in [2.05, 4.69) is 52.9 Å². The topological polar surface area (TPSA) is 3.24 Å². The molecule has 1 aliphatic rings. The van der Waals surface area contributed by atoms with Crippen LogP contribution in [0.3, 0.4) is 0 Å². The van der Waals surface area contributed by atoms with Crippen LogP contribution in [0.1, 0.15) is 45.1 Å². The molecule has 0 saturated carbocycles. The molecule has 19 heavy (non-hydrogen) atoms. The van der Waals surface area contributed by atoms with Crippen molar-refractivity contribution >= 4 is 33.2 Å². The lowest BCUT2D eigenvalue weighted by atomic mass is 9.74. The van der Waals surface area contributed by atoms with Crippen LogP contribution >= 0.6 is 27.5 Å². The van der Waals surface area contributed by atoms with Crippen molar-refractivity contribution in [1.29, 1.82) is 0 Å². The number of hydrogen-bond acceptors (Lipinski definition) is 1. The molecule has 0 radical (unpaired) electrons. The largest absolute Gasteiger partial charge is 0.370 e. The molecule has 1 aromatic carbocycles. The van der Waals surface area contributed by atoms with Crippen molar-refractivity contribution in [2.24, 2.45) is 5.41 Å². The standard InChI is InChI=1S/C16H23BrClN/c1-3-16(4-2)7-9-19(10-8-16)15-6-5-13(12-17)11-14(15)18/h5-6,11H,3-4,7-10,12H2,1-2H3. The highest BCUT2D eigenvalue weighted by atomic mass is 79.9. The minimum absolute atomic E-state index is 0.568. The number of nitrogens with zero attached hydrogens (tertiary/aromatic N) is 1. The number of piperidine rings is 1. The summed E-state index contributed by atoms with van der Waals surface area (Å²) in [5.74, 6) is 0. The molecule has 0 bridgehead atoms. The van der Waals surface area contributed by atoms with Gasteiger partial charge in [-0.3, -0.25) is 0 Å². The third-order valence-electron chi connectivity index (χ3n) is 4.83. The molecule has 1 fully saturated rings. The lowest BCUT2D eigenvalue weighted by molar-refractivity contribution is 0.199. The normalized spacial score (nSPS) is 18.6. The zero-order valence-electron chi connectivity index (χ0n) is 11.9. The number of benzene rings is 1. The molecule has 1 aromatic rings. The summed E-state index contributed by atoms with van der Waals surface area (Å²) >= 11 is 9.89. The van der Waals surface area contributed by atoms with E-state index >= 15 is 0 Å². The molecular weight excluding hydrogens is 322 g/mol. The minimum Gasteiger partial charge on any atom is -0.370 e. The van der Waals surface area contributed by atoms with Crippen molar-refractivity contribution in [3.05, 3.63) is 28.8 Å². The van der Waals surface area contributed by atoms with Gasteiger partial charge in [-0.15, -0.1) is 0 Å². The molecule has 0 spiro atoms. The second-order valence-electron chi connectivity index (χ2n) is 5.61. The Labute approximate surface area is 130 Å². The van der Waals surface area contributed by atoms with E-state index in [0.29, 0.717) is 5.41 Å². The highest BCUT2D eigenvalue weighted by Gasteiger charge is 2.31. The summed E-state index contributed by atoms with van der Waals surface area (Å²) in [4.78, 5) is 2.45. The fourth-order valence-electron chi connectivity index (χ4n) is 3.07. The zero-order valence-corrected chi connectivity index (χ0v) is 14.2. The number of alkyl halides is 1. The van der Waals surface area contributed by atoms with Gasteiger partial charge in [0.1, 0.15) is 0 Å². The van der Waals surface area contributed by atoms with Gasteiger partial charge in [-0.1, -0.05) is 60.3 Å². The van der Waals surface area contributed by atoms with Gasteiger partial charge in [0.25, 0.3) is 0 Å². The second-order valence-corrected chi connectivity index (χ2v) is 6.58. The molecule has 0 unspecified atom stereocenters. The average Bonchev–Trinajstić information content (AvgIpc) is 2.47. The molecule has 0 N–H and O–H groups in total.